The maximum Gasteiger partial charge on any atom is 0.573 e. The van der Waals surface area contributed by atoms with Crippen molar-refractivity contribution >= 4 is 15.9 Å². The lowest BCUT2D eigenvalue weighted by Crippen LogP contribution is -2.19. The van der Waals surface area contributed by atoms with E-state index in [9.17, 15) is 13.2 Å². The normalized spacial score (nSPS) is 11.1. The summed E-state index contributed by atoms with van der Waals surface area (Å²) in [5.41, 5.74) is 1.29. The third-order valence-electron chi connectivity index (χ3n) is 2.09. The summed E-state index contributed by atoms with van der Waals surface area (Å²) in [4.78, 5) is 3.79. The molecule has 1 heterocycles. The quantitative estimate of drug-likeness (QED) is 0.805. The second-order valence-corrected chi connectivity index (χ2v) is 3.74. The number of pyridine rings is 1. The van der Waals surface area contributed by atoms with E-state index in [2.05, 4.69) is 25.7 Å². The molecule has 0 fully saturated rings. The number of aryl methyl sites for hydroxylation is 1. The number of rotatable bonds is 3. The lowest BCUT2D eigenvalue weighted by atomic mass is 10.1. The molecule has 0 unspecified atom stereocenters. The first kappa shape index (κ1) is 13.8. The van der Waals surface area contributed by atoms with Crippen molar-refractivity contribution in [3.8, 4) is 11.8 Å². The highest BCUT2D eigenvalue weighted by atomic mass is 79.9. The maximum atomic E-state index is 12.1. The molecule has 0 saturated carbocycles. The topological polar surface area (TPSA) is 45.9 Å². The Labute approximate surface area is 104 Å². The van der Waals surface area contributed by atoms with Gasteiger partial charge in [0.1, 0.15) is 0 Å². The Hall–Kier alpha value is -1.29. The lowest BCUT2D eigenvalue weighted by molar-refractivity contribution is -0.275. The molecule has 1 aromatic rings. The van der Waals surface area contributed by atoms with E-state index in [1.54, 1.807) is 6.92 Å². The van der Waals surface area contributed by atoms with E-state index in [0.29, 0.717) is 16.8 Å². The van der Waals surface area contributed by atoms with Crippen LogP contribution in [0.15, 0.2) is 6.20 Å². The number of aromatic nitrogens is 1. The zero-order valence-corrected chi connectivity index (χ0v) is 10.4. The van der Waals surface area contributed by atoms with Crippen LogP contribution in [0.5, 0.6) is 5.75 Å². The molecule has 0 N–H and O–H groups in total. The molecular weight excluding hydrogens is 301 g/mol. The van der Waals surface area contributed by atoms with Gasteiger partial charge in [0.2, 0.25) is 0 Å². The van der Waals surface area contributed by atoms with Gasteiger partial charge < -0.3 is 4.74 Å². The third kappa shape index (κ3) is 3.60. The van der Waals surface area contributed by atoms with E-state index in [4.69, 9.17) is 5.26 Å². The van der Waals surface area contributed by atoms with Crippen LogP contribution in [0.1, 0.15) is 16.8 Å². The number of hydrogen-bond acceptors (Lipinski definition) is 3. The van der Waals surface area contributed by atoms with Crippen molar-refractivity contribution in [1.82, 2.24) is 4.98 Å². The summed E-state index contributed by atoms with van der Waals surface area (Å²) in [5.74, 6) is -0.370. The highest BCUT2D eigenvalue weighted by molar-refractivity contribution is 9.08. The second-order valence-electron chi connectivity index (χ2n) is 3.18. The molecule has 3 nitrogen and oxygen atoms in total. The van der Waals surface area contributed by atoms with Crippen LogP contribution < -0.4 is 4.74 Å². The fourth-order valence-electron chi connectivity index (χ4n) is 1.35. The summed E-state index contributed by atoms with van der Waals surface area (Å²) in [6.07, 6.45) is -3.76. The first-order valence-electron chi connectivity index (χ1n) is 4.55. The monoisotopic (exact) mass is 308 g/mol. The minimum Gasteiger partial charge on any atom is -0.404 e. The number of alkyl halides is 4. The van der Waals surface area contributed by atoms with Gasteiger partial charge in [0.15, 0.2) is 5.75 Å². The van der Waals surface area contributed by atoms with Crippen molar-refractivity contribution in [3.05, 3.63) is 23.0 Å². The van der Waals surface area contributed by atoms with Crippen molar-refractivity contribution in [2.24, 2.45) is 0 Å². The fourth-order valence-corrected chi connectivity index (χ4v) is 1.97. The molecule has 0 aliphatic rings. The van der Waals surface area contributed by atoms with Crippen LogP contribution in [-0.4, -0.2) is 11.3 Å². The van der Waals surface area contributed by atoms with Crippen molar-refractivity contribution in [2.75, 3.05) is 0 Å². The van der Waals surface area contributed by atoms with Gasteiger partial charge in [-0.15, -0.1) is 13.2 Å². The highest BCUT2D eigenvalue weighted by Gasteiger charge is 2.32. The van der Waals surface area contributed by atoms with Crippen LogP contribution in [0, 0.1) is 18.3 Å². The number of nitriles is 1. The van der Waals surface area contributed by atoms with Gasteiger partial charge in [0.05, 0.1) is 18.7 Å². The van der Waals surface area contributed by atoms with E-state index < -0.39 is 6.36 Å². The zero-order valence-electron chi connectivity index (χ0n) is 8.81. The van der Waals surface area contributed by atoms with Gasteiger partial charge in [-0.25, -0.2) is 0 Å². The lowest BCUT2D eigenvalue weighted by Gasteiger charge is -2.15. The van der Waals surface area contributed by atoms with Crippen LogP contribution in [0.4, 0.5) is 13.2 Å². The Bertz CT molecular complexity index is 454. The average Bonchev–Trinajstić information content (AvgIpc) is 2.21. The van der Waals surface area contributed by atoms with Crippen LogP contribution in [0.2, 0.25) is 0 Å². The molecule has 17 heavy (non-hydrogen) atoms. The molecular formula is C10H8BrF3N2O. The molecule has 0 atom stereocenters. The molecule has 0 aliphatic carbocycles. The molecule has 0 aromatic carbocycles. The fraction of sp³-hybridized carbons (Fsp3) is 0.400. The first-order chi connectivity index (χ1) is 7.89. The van der Waals surface area contributed by atoms with Crippen molar-refractivity contribution < 1.29 is 17.9 Å². The number of nitrogens with zero attached hydrogens (tertiary/aromatic N) is 2. The molecule has 7 heteroatoms. The van der Waals surface area contributed by atoms with Gasteiger partial charge in [-0.1, -0.05) is 15.9 Å². The predicted molar refractivity (Wildman–Crippen MR) is 57.6 cm³/mol. The van der Waals surface area contributed by atoms with E-state index in [1.165, 1.54) is 0 Å². The van der Waals surface area contributed by atoms with Crippen molar-refractivity contribution in [3.63, 3.8) is 0 Å². The molecule has 0 radical (unpaired) electrons. The van der Waals surface area contributed by atoms with E-state index >= 15 is 0 Å². The van der Waals surface area contributed by atoms with Gasteiger partial charge in [0.25, 0.3) is 0 Å². The van der Waals surface area contributed by atoms with Crippen LogP contribution in [0.25, 0.3) is 0 Å². The summed E-state index contributed by atoms with van der Waals surface area (Å²) < 4.78 is 40.3. The highest BCUT2D eigenvalue weighted by Crippen LogP contribution is 2.30. The molecule has 1 aromatic heterocycles. The summed E-state index contributed by atoms with van der Waals surface area (Å²) in [7, 11) is 0. The Morgan fingerprint density at radius 2 is 2.12 bits per heavy atom. The number of halogens is 4. The van der Waals surface area contributed by atoms with Crippen LogP contribution in [0.3, 0.4) is 0 Å². The zero-order chi connectivity index (χ0) is 13.1. The Morgan fingerprint density at radius 1 is 1.47 bits per heavy atom. The molecule has 0 spiro atoms. The Kier molecular flexibility index (Phi) is 4.34. The molecule has 0 saturated heterocycles. The van der Waals surface area contributed by atoms with Gasteiger partial charge in [0, 0.05) is 16.6 Å². The summed E-state index contributed by atoms with van der Waals surface area (Å²) in [6.45, 7) is 1.64. The maximum absolute atomic E-state index is 12.1. The molecule has 1 rings (SSSR count). The summed E-state index contributed by atoms with van der Waals surface area (Å²) in [6, 6.07) is 1.89. The minimum atomic E-state index is -4.77. The van der Waals surface area contributed by atoms with Crippen molar-refractivity contribution in [1.29, 1.82) is 5.26 Å². The summed E-state index contributed by atoms with van der Waals surface area (Å²) >= 11 is 3.09. The molecule has 0 aliphatic heterocycles. The van der Waals surface area contributed by atoms with Crippen LogP contribution in [-0.2, 0) is 11.8 Å². The number of hydrogen-bond donors (Lipinski definition) is 0. The van der Waals surface area contributed by atoms with Crippen molar-refractivity contribution in [2.45, 2.75) is 25.0 Å². The van der Waals surface area contributed by atoms with E-state index in [-0.39, 0.29) is 17.5 Å². The number of ether oxygens (including phenoxy) is 1. The predicted octanol–water partition coefficient (Wildman–Crippen LogP) is 3.25. The third-order valence-corrected chi connectivity index (χ3v) is 2.65. The largest absolute Gasteiger partial charge is 0.573 e. The van der Waals surface area contributed by atoms with Gasteiger partial charge in [-0.2, -0.15) is 5.26 Å². The second kappa shape index (κ2) is 5.36. The first-order valence-corrected chi connectivity index (χ1v) is 5.67. The summed E-state index contributed by atoms with van der Waals surface area (Å²) in [5, 5.41) is 8.80. The van der Waals surface area contributed by atoms with Gasteiger partial charge in [-0.3, -0.25) is 4.98 Å². The molecule has 0 bridgehead atoms. The van der Waals surface area contributed by atoms with Crippen LogP contribution >= 0.6 is 15.9 Å². The SMILES string of the molecule is Cc1ncc(OC(F)(F)F)c(CBr)c1CC#N. The van der Waals surface area contributed by atoms with E-state index in [0.717, 1.165) is 6.20 Å². The van der Waals surface area contributed by atoms with E-state index in [1.807, 2.05) is 6.07 Å². The Balaban J connectivity index is 3.24. The average molecular weight is 309 g/mol. The van der Waals surface area contributed by atoms with Gasteiger partial charge in [-0.05, 0) is 12.5 Å². The van der Waals surface area contributed by atoms with Gasteiger partial charge >= 0.3 is 6.36 Å². The smallest absolute Gasteiger partial charge is 0.404 e. The minimum absolute atomic E-state index is 0.00514. The standard InChI is InChI=1S/C10H8BrF3N2O/c1-6-7(2-3-15)8(4-11)9(5-16-6)17-10(12,13)14/h5H,2,4H2,1H3. The Morgan fingerprint density at radius 3 is 2.59 bits per heavy atom. The molecule has 92 valence electrons. The molecule has 0 amide bonds.